The van der Waals surface area contributed by atoms with Crippen LogP contribution in [0.2, 0.25) is 0 Å². The van der Waals surface area contributed by atoms with Gasteiger partial charge in [0.05, 0.1) is 20.8 Å². The topological polar surface area (TPSA) is 88.5 Å². The third-order valence-electron chi connectivity index (χ3n) is 5.21. The van der Waals surface area contributed by atoms with Gasteiger partial charge in [-0.05, 0) is 56.3 Å². The Morgan fingerprint density at radius 1 is 1.03 bits per heavy atom. The minimum atomic E-state index is -3.96. The Kier molecular flexibility index (Phi) is 6.35. The highest BCUT2D eigenvalue weighted by Gasteiger charge is 2.27. The largest absolute Gasteiger partial charge is 0.324 e. The lowest BCUT2D eigenvalue weighted by Gasteiger charge is -2.24. The molecule has 3 aromatic carbocycles. The molecular formula is C24H23N3O4S2. The zero-order chi connectivity index (χ0) is 23.6. The van der Waals surface area contributed by atoms with E-state index in [0.717, 1.165) is 31.4 Å². The van der Waals surface area contributed by atoms with E-state index in [1.54, 1.807) is 65.2 Å². The molecule has 0 saturated heterocycles. The quantitative estimate of drug-likeness (QED) is 0.428. The van der Waals surface area contributed by atoms with Crippen molar-refractivity contribution in [3.63, 3.8) is 0 Å². The Balaban J connectivity index is 1.63. The normalized spacial score (nSPS) is 11.5. The fraction of sp³-hybridized carbons (Fsp3) is 0.167. The predicted molar refractivity (Wildman–Crippen MR) is 133 cm³/mol. The van der Waals surface area contributed by atoms with Crippen LogP contribution in [0.15, 0.2) is 82.5 Å². The summed E-state index contributed by atoms with van der Waals surface area (Å²) < 4.78 is 30.2. The highest BCUT2D eigenvalue weighted by molar-refractivity contribution is 7.92. The first kappa shape index (κ1) is 22.8. The molecule has 1 amide bonds. The van der Waals surface area contributed by atoms with Gasteiger partial charge in [0.2, 0.25) is 5.91 Å². The summed E-state index contributed by atoms with van der Waals surface area (Å²) in [5.74, 6) is -0.489. The molecule has 0 aliphatic carbocycles. The van der Waals surface area contributed by atoms with Crippen LogP contribution in [-0.4, -0.2) is 25.4 Å². The van der Waals surface area contributed by atoms with E-state index in [9.17, 15) is 18.0 Å². The van der Waals surface area contributed by atoms with E-state index in [4.69, 9.17) is 0 Å². The third-order valence-corrected chi connectivity index (χ3v) is 7.94. The zero-order valence-corrected chi connectivity index (χ0v) is 19.8. The molecule has 0 bridgehead atoms. The van der Waals surface area contributed by atoms with Crippen molar-refractivity contribution in [3.05, 3.63) is 88.0 Å². The maximum Gasteiger partial charge on any atom is 0.308 e. The monoisotopic (exact) mass is 481 g/mol. The number of thiazole rings is 1. The van der Waals surface area contributed by atoms with Crippen molar-refractivity contribution in [2.45, 2.75) is 25.3 Å². The molecule has 0 fully saturated rings. The van der Waals surface area contributed by atoms with Gasteiger partial charge in [0.15, 0.2) is 0 Å². The number of carbonyl (C=O) groups is 1. The maximum absolute atomic E-state index is 13.4. The molecule has 4 rings (SSSR count). The van der Waals surface area contributed by atoms with Gasteiger partial charge in [-0.25, -0.2) is 8.42 Å². The molecule has 0 saturated carbocycles. The molecule has 7 nitrogen and oxygen atoms in total. The molecule has 0 unspecified atom stereocenters. The first-order valence-electron chi connectivity index (χ1n) is 10.4. The number of sulfonamides is 1. The SMILES string of the molecule is CCn1c(=O)sc2cc(NC(=O)CN(c3ccc(C)cc3)S(=O)(=O)c3ccccc3)ccc21. The lowest BCUT2D eigenvalue weighted by molar-refractivity contribution is -0.114. The number of rotatable bonds is 7. The summed E-state index contributed by atoms with van der Waals surface area (Å²) in [7, 11) is -3.96. The van der Waals surface area contributed by atoms with E-state index in [0.29, 0.717) is 17.9 Å². The average Bonchev–Trinajstić information content (AvgIpc) is 3.12. The molecule has 170 valence electrons. The molecule has 1 heterocycles. The van der Waals surface area contributed by atoms with Gasteiger partial charge in [-0.3, -0.25) is 18.5 Å². The van der Waals surface area contributed by atoms with E-state index in [1.807, 2.05) is 13.8 Å². The van der Waals surface area contributed by atoms with Gasteiger partial charge < -0.3 is 5.32 Å². The van der Waals surface area contributed by atoms with Crippen molar-refractivity contribution >= 4 is 48.9 Å². The summed E-state index contributed by atoms with van der Waals surface area (Å²) in [6.07, 6.45) is 0. The van der Waals surface area contributed by atoms with Crippen LogP contribution in [-0.2, 0) is 21.4 Å². The van der Waals surface area contributed by atoms with Gasteiger partial charge in [0.25, 0.3) is 10.0 Å². The van der Waals surface area contributed by atoms with E-state index in [2.05, 4.69) is 5.32 Å². The second-order valence-corrected chi connectivity index (χ2v) is 10.4. The number of benzene rings is 3. The first-order valence-corrected chi connectivity index (χ1v) is 12.6. The molecule has 33 heavy (non-hydrogen) atoms. The Bertz CT molecular complexity index is 1460. The molecule has 1 N–H and O–H groups in total. The van der Waals surface area contributed by atoms with Gasteiger partial charge in [0, 0.05) is 12.2 Å². The lowest BCUT2D eigenvalue weighted by Crippen LogP contribution is -2.38. The minimum absolute atomic E-state index is 0.0597. The van der Waals surface area contributed by atoms with Crippen LogP contribution in [0, 0.1) is 6.92 Å². The second kappa shape index (κ2) is 9.21. The molecule has 0 aliphatic rings. The van der Waals surface area contributed by atoms with E-state index in [1.165, 1.54) is 12.1 Å². The number of nitrogens with one attached hydrogen (secondary N) is 1. The standard InChI is InChI=1S/C24H23N3O4S2/c1-3-26-21-14-11-18(15-22(21)32-24(26)29)25-23(28)16-27(19-12-9-17(2)10-13-19)33(30,31)20-7-5-4-6-8-20/h4-15H,3,16H2,1-2H3,(H,25,28). The molecule has 0 radical (unpaired) electrons. The fourth-order valence-electron chi connectivity index (χ4n) is 3.52. The number of aromatic nitrogens is 1. The molecule has 9 heteroatoms. The van der Waals surface area contributed by atoms with Crippen molar-refractivity contribution < 1.29 is 13.2 Å². The van der Waals surface area contributed by atoms with Crippen LogP contribution in [0.3, 0.4) is 0 Å². The summed E-state index contributed by atoms with van der Waals surface area (Å²) >= 11 is 1.11. The van der Waals surface area contributed by atoms with Gasteiger partial charge in [0.1, 0.15) is 6.54 Å². The van der Waals surface area contributed by atoms with Crippen LogP contribution >= 0.6 is 11.3 Å². The number of anilines is 2. The van der Waals surface area contributed by atoms with Crippen molar-refractivity contribution in [2.24, 2.45) is 0 Å². The molecular weight excluding hydrogens is 458 g/mol. The van der Waals surface area contributed by atoms with E-state index in [-0.39, 0.29) is 9.77 Å². The van der Waals surface area contributed by atoms with Crippen LogP contribution in [0.25, 0.3) is 10.2 Å². The number of hydrogen-bond acceptors (Lipinski definition) is 5. The van der Waals surface area contributed by atoms with Crippen molar-refractivity contribution in [3.8, 4) is 0 Å². The lowest BCUT2D eigenvalue weighted by atomic mass is 10.2. The second-order valence-electron chi connectivity index (χ2n) is 7.50. The van der Waals surface area contributed by atoms with Gasteiger partial charge in [-0.15, -0.1) is 0 Å². The van der Waals surface area contributed by atoms with Crippen LogP contribution in [0.5, 0.6) is 0 Å². The predicted octanol–water partition coefficient (Wildman–Crippen LogP) is 4.23. The Labute approximate surface area is 196 Å². The molecule has 0 spiro atoms. The summed E-state index contributed by atoms with van der Waals surface area (Å²) in [6.45, 7) is 3.97. The molecule has 0 aliphatic heterocycles. The Morgan fingerprint density at radius 2 is 1.73 bits per heavy atom. The van der Waals surface area contributed by atoms with Crippen molar-refractivity contribution in [1.82, 2.24) is 4.57 Å². The Hall–Kier alpha value is -3.43. The number of amides is 1. The smallest absolute Gasteiger partial charge is 0.308 e. The zero-order valence-electron chi connectivity index (χ0n) is 18.2. The van der Waals surface area contributed by atoms with Crippen LogP contribution in [0.4, 0.5) is 11.4 Å². The van der Waals surface area contributed by atoms with E-state index < -0.39 is 22.5 Å². The molecule has 0 atom stereocenters. The fourth-order valence-corrected chi connectivity index (χ4v) is 5.96. The third kappa shape index (κ3) is 4.69. The minimum Gasteiger partial charge on any atom is -0.324 e. The number of carbonyl (C=O) groups excluding carboxylic acids is 1. The summed E-state index contributed by atoms with van der Waals surface area (Å²) in [6, 6.07) is 20.2. The number of aryl methyl sites for hydroxylation is 2. The Morgan fingerprint density at radius 3 is 2.39 bits per heavy atom. The first-order chi connectivity index (χ1) is 15.8. The van der Waals surface area contributed by atoms with Crippen molar-refractivity contribution in [2.75, 3.05) is 16.2 Å². The number of nitrogens with zero attached hydrogens (tertiary/aromatic N) is 2. The molecule has 4 aromatic rings. The van der Waals surface area contributed by atoms with Gasteiger partial charge in [-0.2, -0.15) is 0 Å². The van der Waals surface area contributed by atoms with Crippen LogP contribution in [0.1, 0.15) is 12.5 Å². The highest BCUT2D eigenvalue weighted by Crippen LogP contribution is 2.25. The van der Waals surface area contributed by atoms with Crippen LogP contribution < -0.4 is 14.5 Å². The maximum atomic E-state index is 13.4. The average molecular weight is 482 g/mol. The summed E-state index contributed by atoms with van der Waals surface area (Å²) in [5, 5.41) is 2.77. The van der Waals surface area contributed by atoms with Crippen molar-refractivity contribution in [1.29, 1.82) is 0 Å². The highest BCUT2D eigenvalue weighted by atomic mass is 32.2. The van der Waals surface area contributed by atoms with E-state index >= 15 is 0 Å². The summed E-state index contributed by atoms with van der Waals surface area (Å²) in [5.41, 5.74) is 2.68. The number of hydrogen-bond donors (Lipinski definition) is 1. The van der Waals surface area contributed by atoms with Gasteiger partial charge >= 0.3 is 4.87 Å². The van der Waals surface area contributed by atoms with Gasteiger partial charge in [-0.1, -0.05) is 47.2 Å². The summed E-state index contributed by atoms with van der Waals surface area (Å²) in [4.78, 5) is 25.1. The number of fused-ring (bicyclic) bond motifs is 1. The molecule has 1 aromatic heterocycles.